The van der Waals surface area contributed by atoms with Crippen LogP contribution in [0.4, 0.5) is 0 Å². The Labute approximate surface area is 268 Å². The molecule has 3 amide bonds. The predicted molar refractivity (Wildman–Crippen MR) is 174 cm³/mol. The van der Waals surface area contributed by atoms with Crippen molar-refractivity contribution >= 4 is 34.3 Å². The van der Waals surface area contributed by atoms with Gasteiger partial charge in [-0.25, -0.2) is 4.79 Å². The van der Waals surface area contributed by atoms with E-state index < -0.39 is 11.9 Å². The maximum atomic E-state index is 13.2. The molecule has 0 bridgehead atoms. The Morgan fingerprint density at radius 3 is 2.24 bits per heavy atom. The topological polar surface area (TPSA) is 115 Å². The highest BCUT2D eigenvalue weighted by atomic mass is 16.5. The van der Waals surface area contributed by atoms with Gasteiger partial charge in [-0.15, -0.1) is 0 Å². The van der Waals surface area contributed by atoms with E-state index >= 15 is 0 Å². The number of imidazole rings is 1. The molecule has 0 radical (unpaired) electrons. The summed E-state index contributed by atoms with van der Waals surface area (Å²) in [5.41, 5.74) is 5.41. The van der Waals surface area contributed by atoms with E-state index in [0.717, 1.165) is 52.4 Å². The van der Waals surface area contributed by atoms with Gasteiger partial charge in [0.15, 0.2) is 0 Å². The van der Waals surface area contributed by atoms with E-state index in [1.807, 2.05) is 19.2 Å². The number of amides is 3. The maximum Gasteiger partial charge on any atom is 0.329 e. The van der Waals surface area contributed by atoms with Crippen molar-refractivity contribution in [3.63, 3.8) is 0 Å². The molecule has 0 saturated carbocycles. The number of piperidine rings is 1. The molecule has 4 unspecified atom stereocenters. The van der Waals surface area contributed by atoms with E-state index in [1.54, 1.807) is 37.8 Å². The number of likely N-dealkylation sites (tertiary alicyclic amines) is 1. The third kappa shape index (κ3) is 5.30. The average molecular weight is 630 g/mol. The number of carbonyl (C=O) groups is 3. The molecule has 11 nitrogen and oxygen atoms in total. The second-order valence-electron chi connectivity index (χ2n) is 13.1. The number of rotatable bonds is 8. The number of aryl methyl sites for hydroxylation is 1. The fourth-order valence-corrected chi connectivity index (χ4v) is 7.28. The molecule has 1 aromatic heterocycles. The molecule has 11 heteroatoms. The van der Waals surface area contributed by atoms with Crippen molar-refractivity contribution < 1.29 is 23.9 Å². The highest BCUT2D eigenvalue weighted by molar-refractivity contribution is 6.00. The molecule has 2 fully saturated rings. The fraction of sp³-hybridized carbons (Fsp3) is 0.486. The van der Waals surface area contributed by atoms with E-state index in [4.69, 9.17) is 9.47 Å². The standard InChI is InChI=1S/C35H43N5O6/c1-19-20(2)34(43)37(4)17-25(19)23-13-30(45-6)26(31(14-23)46-7)18-39-15-24(16-39)21(3)22-8-9-27-29(12-22)38(5)35(44)40(27)28-10-11-32(41)36-33(28)42/h8-9,12-14,17,19-21,24,28H,10-11,15-16,18H2,1-7H3,(H,36,41,42). The van der Waals surface area contributed by atoms with Crippen molar-refractivity contribution in [2.24, 2.45) is 24.8 Å². The summed E-state index contributed by atoms with van der Waals surface area (Å²) in [6, 6.07) is 9.45. The number of hydrogen-bond acceptors (Lipinski definition) is 7. The van der Waals surface area contributed by atoms with Gasteiger partial charge < -0.3 is 14.4 Å². The molecule has 6 rings (SSSR count). The number of benzene rings is 2. The van der Waals surface area contributed by atoms with Crippen LogP contribution in [0, 0.1) is 17.8 Å². The Hall–Kier alpha value is -4.38. The maximum absolute atomic E-state index is 13.2. The second kappa shape index (κ2) is 12.1. The molecule has 0 spiro atoms. The molecule has 46 heavy (non-hydrogen) atoms. The first-order valence-electron chi connectivity index (χ1n) is 15.9. The number of carbonyl (C=O) groups excluding carboxylic acids is 3. The van der Waals surface area contributed by atoms with Crippen LogP contribution in [0.5, 0.6) is 11.5 Å². The van der Waals surface area contributed by atoms with Gasteiger partial charge in [0.2, 0.25) is 17.7 Å². The van der Waals surface area contributed by atoms with Crippen molar-refractivity contribution in [2.45, 2.75) is 52.1 Å². The molecule has 1 N–H and O–H groups in total. The number of allylic oxidation sites excluding steroid dienone is 1. The van der Waals surface area contributed by atoms with Gasteiger partial charge in [-0.2, -0.15) is 0 Å². The first-order chi connectivity index (χ1) is 21.9. The summed E-state index contributed by atoms with van der Waals surface area (Å²) in [7, 11) is 6.88. The SMILES string of the molecule is COc1cc(C2=CN(C)C(=O)C(C)C2C)cc(OC)c1CN1CC(C(C)c2ccc3c(c2)n(C)c(=O)n3C2CCC(=O)NC2=O)C1. The van der Waals surface area contributed by atoms with Crippen LogP contribution >= 0.6 is 0 Å². The van der Waals surface area contributed by atoms with Crippen LogP contribution in [-0.2, 0) is 28.0 Å². The highest BCUT2D eigenvalue weighted by Crippen LogP contribution is 2.41. The third-order valence-electron chi connectivity index (χ3n) is 10.5. The molecule has 0 aliphatic carbocycles. The lowest BCUT2D eigenvalue weighted by molar-refractivity contribution is -0.136. The molecule has 4 atom stereocenters. The van der Waals surface area contributed by atoms with Gasteiger partial charge in [-0.1, -0.05) is 26.8 Å². The van der Waals surface area contributed by atoms with Gasteiger partial charge in [0.1, 0.15) is 17.5 Å². The van der Waals surface area contributed by atoms with Gasteiger partial charge >= 0.3 is 5.69 Å². The zero-order valence-corrected chi connectivity index (χ0v) is 27.6. The highest BCUT2D eigenvalue weighted by Gasteiger charge is 2.36. The first-order valence-corrected chi connectivity index (χ1v) is 15.9. The van der Waals surface area contributed by atoms with Crippen LogP contribution in [0.1, 0.15) is 62.3 Å². The van der Waals surface area contributed by atoms with Gasteiger partial charge in [-0.05, 0) is 65.1 Å². The normalized spacial score (nSPS) is 23.3. The minimum atomic E-state index is -0.697. The number of ether oxygens (including phenoxy) is 2. The molecule has 3 aliphatic rings. The Balaban J connectivity index is 1.18. The van der Waals surface area contributed by atoms with Gasteiger partial charge in [0.25, 0.3) is 0 Å². The van der Waals surface area contributed by atoms with E-state index in [-0.39, 0.29) is 41.7 Å². The molecular formula is C35H43N5O6. The number of nitrogens with zero attached hydrogens (tertiary/aromatic N) is 4. The lowest BCUT2D eigenvalue weighted by Gasteiger charge is -2.43. The van der Waals surface area contributed by atoms with Gasteiger partial charge in [0, 0.05) is 52.3 Å². The van der Waals surface area contributed by atoms with Crippen LogP contribution in [0.15, 0.2) is 41.3 Å². The lowest BCUT2D eigenvalue weighted by Crippen LogP contribution is -2.48. The molecule has 3 aromatic rings. The van der Waals surface area contributed by atoms with Gasteiger partial charge in [-0.3, -0.25) is 33.7 Å². The largest absolute Gasteiger partial charge is 0.496 e. The summed E-state index contributed by atoms with van der Waals surface area (Å²) in [6.45, 7) is 8.75. The van der Waals surface area contributed by atoms with Crippen LogP contribution in [-0.4, -0.2) is 71.0 Å². The van der Waals surface area contributed by atoms with E-state index in [9.17, 15) is 19.2 Å². The van der Waals surface area contributed by atoms with Crippen molar-refractivity contribution in [1.82, 2.24) is 24.3 Å². The molecule has 3 aliphatic heterocycles. The summed E-state index contributed by atoms with van der Waals surface area (Å²) < 4.78 is 14.9. The lowest BCUT2D eigenvalue weighted by atomic mass is 9.81. The first kappa shape index (κ1) is 31.6. The van der Waals surface area contributed by atoms with E-state index in [2.05, 4.69) is 48.3 Å². The summed E-state index contributed by atoms with van der Waals surface area (Å²) in [5.74, 6) is 1.53. The quantitative estimate of drug-likeness (QED) is 0.379. The number of methoxy groups -OCH3 is 2. The summed E-state index contributed by atoms with van der Waals surface area (Å²) in [5, 5.41) is 2.37. The van der Waals surface area contributed by atoms with Crippen molar-refractivity contribution in [2.75, 3.05) is 34.4 Å². The van der Waals surface area contributed by atoms with Crippen molar-refractivity contribution in [3.05, 3.63) is 63.7 Å². The summed E-state index contributed by atoms with van der Waals surface area (Å²) in [4.78, 5) is 54.0. The number of fused-ring (bicyclic) bond motifs is 1. The molecule has 244 valence electrons. The summed E-state index contributed by atoms with van der Waals surface area (Å²) >= 11 is 0. The molecule has 2 aromatic carbocycles. The number of aromatic nitrogens is 2. The minimum absolute atomic E-state index is 0.0687. The van der Waals surface area contributed by atoms with Crippen LogP contribution in [0.3, 0.4) is 0 Å². The number of nitrogens with one attached hydrogen (secondary N) is 1. The summed E-state index contributed by atoms with van der Waals surface area (Å²) in [6.07, 6.45) is 2.44. The van der Waals surface area contributed by atoms with Crippen LogP contribution < -0.4 is 20.5 Å². The fourth-order valence-electron chi connectivity index (χ4n) is 7.28. The molecular weight excluding hydrogens is 586 g/mol. The monoisotopic (exact) mass is 629 g/mol. The number of hydrogen-bond donors (Lipinski definition) is 1. The van der Waals surface area contributed by atoms with Crippen LogP contribution in [0.25, 0.3) is 16.6 Å². The Kier molecular flexibility index (Phi) is 8.30. The van der Waals surface area contributed by atoms with E-state index in [1.165, 1.54) is 4.57 Å². The molecule has 2 saturated heterocycles. The van der Waals surface area contributed by atoms with Crippen LogP contribution in [0.2, 0.25) is 0 Å². The molecule has 4 heterocycles. The average Bonchev–Trinajstić information content (AvgIpc) is 3.27. The zero-order valence-electron chi connectivity index (χ0n) is 27.6. The number of imide groups is 1. The Morgan fingerprint density at radius 2 is 1.61 bits per heavy atom. The minimum Gasteiger partial charge on any atom is -0.496 e. The van der Waals surface area contributed by atoms with E-state index in [0.29, 0.717) is 24.4 Å². The third-order valence-corrected chi connectivity index (χ3v) is 10.5. The van der Waals surface area contributed by atoms with Crippen molar-refractivity contribution in [1.29, 1.82) is 0 Å². The Morgan fingerprint density at radius 1 is 0.935 bits per heavy atom. The zero-order chi connectivity index (χ0) is 33.0. The van der Waals surface area contributed by atoms with Gasteiger partial charge in [0.05, 0.1) is 30.8 Å². The Bertz CT molecular complexity index is 1790. The van der Waals surface area contributed by atoms with Crippen molar-refractivity contribution in [3.8, 4) is 11.5 Å². The predicted octanol–water partition coefficient (Wildman–Crippen LogP) is 3.66. The second-order valence-corrected chi connectivity index (χ2v) is 13.1. The smallest absolute Gasteiger partial charge is 0.329 e.